The Morgan fingerprint density at radius 1 is 1.00 bits per heavy atom. The van der Waals surface area contributed by atoms with Crippen LogP contribution in [0.4, 0.5) is 0 Å². The maximum atomic E-state index is 5.21. The second kappa shape index (κ2) is 7.53. The summed E-state index contributed by atoms with van der Waals surface area (Å²) < 4.78 is 6.45. The van der Waals surface area contributed by atoms with Crippen LogP contribution in [-0.2, 0) is 13.1 Å². The predicted octanol–water partition coefficient (Wildman–Crippen LogP) is 5.06. The minimum Gasteiger partial charge on any atom is -0.497 e. The van der Waals surface area contributed by atoms with Crippen molar-refractivity contribution in [2.75, 3.05) is 14.2 Å². The molecule has 2 heterocycles. The minimum absolute atomic E-state index is 0.808. The third-order valence-electron chi connectivity index (χ3n) is 4.06. The Hall–Kier alpha value is -2.28. The first-order valence-corrected chi connectivity index (χ1v) is 10.0. The molecule has 132 valence electrons. The third-order valence-corrected chi connectivity index (χ3v) is 6.03. The van der Waals surface area contributed by atoms with E-state index < -0.39 is 0 Å². The quantitative estimate of drug-likeness (QED) is 0.468. The van der Waals surface area contributed by atoms with Crippen molar-refractivity contribution in [3.8, 4) is 16.3 Å². The molecule has 0 unspecified atom stereocenters. The van der Waals surface area contributed by atoms with Crippen LogP contribution in [0.1, 0.15) is 10.7 Å². The smallest absolute Gasteiger partial charge is 0.123 e. The van der Waals surface area contributed by atoms with Gasteiger partial charge in [-0.25, -0.2) is 9.97 Å². The summed E-state index contributed by atoms with van der Waals surface area (Å²) in [5.41, 5.74) is 3.29. The van der Waals surface area contributed by atoms with Crippen molar-refractivity contribution in [1.29, 1.82) is 0 Å². The zero-order valence-electron chi connectivity index (χ0n) is 14.7. The highest BCUT2D eigenvalue weighted by Gasteiger charge is 2.10. The average Bonchev–Trinajstić information content (AvgIpc) is 3.28. The topological polar surface area (TPSA) is 38.2 Å². The van der Waals surface area contributed by atoms with E-state index >= 15 is 0 Å². The van der Waals surface area contributed by atoms with Crippen LogP contribution in [0.25, 0.3) is 20.8 Å². The zero-order chi connectivity index (χ0) is 17.9. The van der Waals surface area contributed by atoms with Gasteiger partial charge in [0.15, 0.2) is 0 Å². The Kier molecular flexibility index (Phi) is 4.97. The SMILES string of the molecule is COc1ccc(-c2nc(CN(C)Cc3nc4ccccc4s3)cs2)cc1. The van der Waals surface area contributed by atoms with Crippen molar-refractivity contribution < 1.29 is 4.74 Å². The molecule has 26 heavy (non-hydrogen) atoms. The van der Waals surface area contributed by atoms with Crippen LogP contribution in [-0.4, -0.2) is 29.0 Å². The highest BCUT2D eigenvalue weighted by Crippen LogP contribution is 2.27. The lowest BCUT2D eigenvalue weighted by Gasteiger charge is -2.12. The summed E-state index contributed by atoms with van der Waals surface area (Å²) in [4.78, 5) is 11.7. The molecule has 0 aliphatic carbocycles. The Bertz CT molecular complexity index is 974. The number of hydrogen-bond acceptors (Lipinski definition) is 6. The van der Waals surface area contributed by atoms with Gasteiger partial charge in [-0.05, 0) is 43.4 Å². The van der Waals surface area contributed by atoms with Gasteiger partial charge in [-0.3, -0.25) is 4.90 Å². The molecule has 0 N–H and O–H groups in total. The van der Waals surface area contributed by atoms with Crippen molar-refractivity contribution in [1.82, 2.24) is 14.9 Å². The molecule has 0 saturated carbocycles. The monoisotopic (exact) mass is 381 g/mol. The van der Waals surface area contributed by atoms with E-state index in [1.807, 2.05) is 30.3 Å². The van der Waals surface area contributed by atoms with Gasteiger partial charge < -0.3 is 4.74 Å². The van der Waals surface area contributed by atoms with E-state index in [0.29, 0.717) is 0 Å². The van der Waals surface area contributed by atoms with Gasteiger partial charge >= 0.3 is 0 Å². The summed E-state index contributed by atoms with van der Waals surface area (Å²) in [7, 11) is 3.79. The molecular formula is C20H19N3OS2. The summed E-state index contributed by atoms with van der Waals surface area (Å²) in [6.07, 6.45) is 0. The van der Waals surface area contributed by atoms with Gasteiger partial charge in [0.05, 0.1) is 29.6 Å². The van der Waals surface area contributed by atoms with Crippen LogP contribution < -0.4 is 4.74 Å². The first-order valence-electron chi connectivity index (χ1n) is 8.33. The predicted molar refractivity (Wildman–Crippen MR) is 109 cm³/mol. The molecule has 4 nitrogen and oxygen atoms in total. The van der Waals surface area contributed by atoms with Gasteiger partial charge in [0.1, 0.15) is 15.8 Å². The number of benzene rings is 2. The molecule has 0 atom stereocenters. The second-order valence-corrected chi connectivity index (χ2v) is 8.09. The number of methoxy groups -OCH3 is 1. The summed E-state index contributed by atoms with van der Waals surface area (Å²) in [5.74, 6) is 0.862. The number of fused-ring (bicyclic) bond motifs is 1. The molecule has 2 aromatic heterocycles. The van der Waals surface area contributed by atoms with Crippen LogP contribution in [0, 0.1) is 0 Å². The van der Waals surface area contributed by atoms with E-state index in [1.165, 1.54) is 4.70 Å². The van der Waals surface area contributed by atoms with Crippen LogP contribution >= 0.6 is 22.7 Å². The summed E-state index contributed by atoms with van der Waals surface area (Å²) in [5, 5.41) is 4.31. The van der Waals surface area contributed by atoms with Crippen LogP contribution in [0.5, 0.6) is 5.75 Å². The maximum absolute atomic E-state index is 5.21. The molecule has 4 aromatic rings. The first-order chi connectivity index (χ1) is 12.7. The molecule has 0 radical (unpaired) electrons. The first kappa shape index (κ1) is 17.1. The Morgan fingerprint density at radius 2 is 1.81 bits per heavy atom. The van der Waals surface area contributed by atoms with Gasteiger partial charge in [0.25, 0.3) is 0 Å². The van der Waals surface area contributed by atoms with Crippen LogP contribution in [0.2, 0.25) is 0 Å². The van der Waals surface area contributed by atoms with Gasteiger partial charge in [-0.2, -0.15) is 0 Å². The van der Waals surface area contributed by atoms with E-state index in [-0.39, 0.29) is 0 Å². The van der Waals surface area contributed by atoms with E-state index in [4.69, 9.17) is 14.7 Å². The number of hydrogen-bond donors (Lipinski definition) is 0. The highest BCUT2D eigenvalue weighted by molar-refractivity contribution is 7.18. The molecule has 0 saturated heterocycles. The van der Waals surface area contributed by atoms with E-state index in [2.05, 4.69) is 35.5 Å². The van der Waals surface area contributed by atoms with E-state index in [0.717, 1.165) is 45.6 Å². The van der Waals surface area contributed by atoms with Crippen LogP contribution in [0.3, 0.4) is 0 Å². The molecule has 0 aliphatic rings. The largest absolute Gasteiger partial charge is 0.497 e. The van der Waals surface area contributed by atoms with Crippen LogP contribution in [0.15, 0.2) is 53.9 Å². The standard InChI is InChI=1S/C20H19N3OS2/c1-23(12-19-22-17-5-3-4-6-18(17)26-19)11-15-13-25-20(21-15)14-7-9-16(24-2)10-8-14/h3-10,13H,11-12H2,1-2H3. The number of aromatic nitrogens is 2. The van der Waals surface area contributed by atoms with Crippen molar-refractivity contribution in [2.45, 2.75) is 13.1 Å². The summed E-state index contributed by atoms with van der Waals surface area (Å²) in [6.45, 7) is 1.64. The Balaban J connectivity index is 1.42. The average molecular weight is 382 g/mol. The van der Waals surface area contributed by atoms with E-state index in [1.54, 1.807) is 29.8 Å². The maximum Gasteiger partial charge on any atom is 0.123 e. The fourth-order valence-corrected chi connectivity index (χ4v) is 4.66. The number of nitrogens with zero attached hydrogens (tertiary/aromatic N) is 3. The molecule has 2 aromatic carbocycles. The Morgan fingerprint density at radius 3 is 2.58 bits per heavy atom. The highest BCUT2D eigenvalue weighted by atomic mass is 32.1. The lowest BCUT2D eigenvalue weighted by molar-refractivity contribution is 0.315. The molecule has 0 bridgehead atoms. The van der Waals surface area contributed by atoms with E-state index in [9.17, 15) is 0 Å². The molecule has 4 rings (SSSR count). The van der Waals surface area contributed by atoms with Gasteiger partial charge in [-0.15, -0.1) is 22.7 Å². The van der Waals surface area contributed by atoms with Crippen molar-refractivity contribution >= 4 is 32.9 Å². The number of para-hydroxylation sites is 1. The second-order valence-electron chi connectivity index (χ2n) is 6.12. The Labute approximate surface area is 160 Å². The van der Waals surface area contributed by atoms with Crippen molar-refractivity contribution in [3.05, 3.63) is 64.6 Å². The fraction of sp³-hybridized carbons (Fsp3) is 0.200. The number of ether oxygens (including phenoxy) is 1. The normalized spacial score (nSPS) is 11.3. The number of rotatable bonds is 6. The summed E-state index contributed by atoms with van der Waals surface area (Å²) >= 11 is 3.44. The third kappa shape index (κ3) is 3.77. The molecule has 0 aliphatic heterocycles. The van der Waals surface area contributed by atoms with Crippen molar-refractivity contribution in [2.24, 2.45) is 0 Å². The van der Waals surface area contributed by atoms with Crippen molar-refractivity contribution in [3.63, 3.8) is 0 Å². The molecule has 0 amide bonds. The van der Waals surface area contributed by atoms with Gasteiger partial charge in [0.2, 0.25) is 0 Å². The minimum atomic E-state index is 0.808. The van der Waals surface area contributed by atoms with Gasteiger partial charge in [0, 0.05) is 17.5 Å². The molecular weight excluding hydrogens is 362 g/mol. The lowest BCUT2D eigenvalue weighted by atomic mass is 10.2. The molecule has 0 spiro atoms. The summed E-state index contributed by atoms with van der Waals surface area (Å²) in [6, 6.07) is 16.3. The zero-order valence-corrected chi connectivity index (χ0v) is 16.3. The number of thiazole rings is 2. The fourth-order valence-electron chi connectivity index (χ4n) is 2.80. The molecule has 6 heteroatoms. The van der Waals surface area contributed by atoms with Gasteiger partial charge in [-0.1, -0.05) is 12.1 Å². The molecule has 0 fully saturated rings. The lowest BCUT2D eigenvalue weighted by Crippen LogP contribution is -2.17.